The molecule has 2 aromatic carbocycles. The van der Waals surface area contributed by atoms with E-state index in [1.807, 2.05) is 20.0 Å². The van der Waals surface area contributed by atoms with Gasteiger partial charge in [-0.1, -0.05) is 13.0 Å². The number of ether oxygens (including phenoxy) is 1. The summed E-state index contributed by atoms with van der Waals surface area (Å²) in [5.74, 6) is -0.215. The Morgan fingerprint density at radius 3 is 2.81 bits per heavy atom. The van der Waals surface area contributed by atoms with E-state index in [2.05, 4.69) is 31.0 Å². The van der Waals surface area contributed by atoms with Gasteiger partial charge < -0.3 is 15.0 Å². The molecule has 1 N–H and O–H groups in total. The van der Waals surface area contributed by atoms with Crippen LogP contribution in [0, 0.1) is 17.1 Å². The first-order chi connectivity index (χ1) is 14.7. The van der Waals surface area contributed by atoms with E-state index in [0.29, 0.717) is 18.0 Å². The van der Waals surface area contributed by atoms with E-state index in [4.69, 9.17) is 4.74 Å². The Morgan fingerprint density at radius 2 is 2.13 bits per heavy atom. The predicted octanol–water partition coefficient (Wildman–Crippen LogP) is 5.49. The van der Waals surface area contributed by atoms with Crippen molar-refractivity contribution in [1.82, 2.24) is 0 Å². The Kier molecular flexibility index (Phi) is 6.35. The fourth-order valence-electron chi connectivity index (χ4n) is 4.05. The van der Waals surface area contributed by atoms with Crippen LogP contribution >= 0.6 is 0 Å². The largest absolute Gasteiger partial charge is 0.494 e. The first kappa shape index (κ1) is 22.4. The molecule has 1 amide bonds. The average molecular weight is 422 g/mol. The second-order valence-corrected chi connectivity index (χ2v) is 8.49. The number of nitrogens with zero attached hydrogens (tertiary/aromatic N) is 2. The number of hydrogen-bond acceptors (Lipinski definition) is 4. The summed E-state index contributed by atoms with van der Waals surface area (Å²) in [6.45, 7) is 8.76. The number of anilines is 2. The summed E-state index contributed by atoms with van der Waals surface area (Å²) in [5, 5.41) is 12.2. The molecule has 1 heterocycles. The molecule has 1 aliphatic heterocycles. The number of carbonyl (C=O) groups excluding carboxylic acids is 1. The standard InChI is InChI=1S/C25H28FN3O2/c1-6-31-20-9-7-8-19(12-20)28-24(30)18(15-27)10-17-11-21-16(2)14-25(3,4)29(5)23(21)13-22(17)26/h7-13,16H,6,14H2,1-5H3,(H,28,30)/b18-10+. The minimum atomic E-state index is -0.598. The van der Waals surface area contributed by atoms with Gasteiger partial charge in [0.1, 0.15) is 23.2 Å². The van der Waals surface area contributed by atoms with E-state index in [0.717, 1.165) is 17.7 Å². The minimum absolute atomic E-state index is 0.0794. The molecule has 0 radical (unpaired) electrons. The third-order valence-corrected chi connectivity index (χ3v) is 5.82. The van der Waals surface area contributed by atoms with Gasteiger partial charge in [0.15, 0.2) is 0 Å². The van der Waals surface area contributed by atoms with Crippen LogP contribution in [0.3, 0.4) is 0 Å². The maximum Gasteiger partial charge on any atom is 0.266 e. The smallest absolute Gasteiger partial charge is 0.266 e. The summed E-state index contributed by atoms with van der Waals surface area (Å²) < 4.78 is 20.4. The minimum Gasteiger partial charge on any atom is -0.494 e. The fourth-order valence-corrected chi connectivity index (χ4v) is 4.05. The molecular formula is C25H28FN3O2. The molecule has 31 heavy (non-hydrogen) atoms. The summed E-state index contributed by atoms with van der Waals surface area (Å²) in [5.41, 5.74) is 2.33. The SMILES string of the molecule is CCOc1cccc(NC(=O)/C(C#N)=C/c2cc3c(cc2F)N(C)C(C)(C)CC3C)c1. The second kappa shape index (κ2) is 8.81. The van der Waals surface area contributed by atoms with Crippen molar-refractivity contribution in [3.05, 3.63) is 58.9 Å². The van der Waals surface area contributed by atoms with E-state index in [-0.39, 0.29) is 22.6 Å². The lowest BCUT2D eigenvalue weighted by molar-refractivity contribution is -0.112. The van der Waals surface area contributed by atoms with Gasteiger partial charge >= 0.3 is 0 Å². The first-order valence-corrected chi connectivity index (χ1v) is 10.4. The number of halogens is 1. The van der Waals surface area contributed by atoms with Gasteiger partial charge in [0.2, 0.25) is 0 Å². The van der Waals surface area contributed by atoms with Gasteiger partial charge in [-0.25, -0.2) is 4.39 Å². The molecule has 1 aliphatic rings. The Bertz CT molecular complexity index is 1070. The molecule has 0 saturated heterocycles. The fraction of sp³-hybridized carbons (Fsp3) is 0.360. The van der Waals surface area contributed by atoms with Crippen LogP contribution < -0.4 is 15.0 Å². The Labute approximate surface area is 183 Å². The molecule has 0 aromatic heterocycles. The summed E-state index contributed by atoms with van der Waals surface area (Å²) >= 11 is 0. The van der Waals surface area contributed by atoms with Gasteiger partial charge in [-0.05, 0) is 69.0 Å². The van der Waals surface area contributed by atoms with Gasteiger partial charge in [0.25, 0.3) is 5.91 Å². The average Bonchev–Trinajstić information content (AvgIpc) is 2.71. The first-order valence-electron chi connectivity index (χ1n) is 10.4. The molecule has 0 aliphatic carbocycles. The highest BCUT2D eigenvalue weighted by molar-refractivity contribution is 6.09. The maximum absolute atomic E-state index is 14.9. The number of nitrogens with one attached hydrogen (secondary N) is 1. The Hall–Kier alpha value is -3.33. The molecule has 2 aromatic rings. The number of fused-ring (bicyclic) bond motifs is 1. The summed E-state index contributed by atoms with van der Waals surface area (Å²) in [6, 6.07) is 12.0. The van der Waals surface area contributed by atoms with Gasteiger partial charge in [-0.15, -0.1) is 0 Å². The van der Waals surface area contributed by atoms with Crippen molar-refractivity contribution in [3.8, 4) is 11.8 Å². The van der Waals surface area contributed by atoms with E-state index < -0.39 is 11.7 Å². The van der Waals surface area contributed by atoms with Crippen LogP contribution in [0.15, 0.2) is 42.0 Å². The molecule has 3 rings (SSSR count). The molecule has 1 unspecified atom stereocenters. The lowest BCUT2D eigenvalue weighted by Gasteiger charge is -2.45. The second-order valence-electron chi connectivity index (χ2n) is 8.49. The summed E-state index contributed by atoms with van der Waals surface area (Å²) in [6.07, 6.45) is 2.23. The normalized spacial score (nSPS) is 17.5. The lowest BCUT2D eigenvalue weighted by Crippen LogP contribution is -2.45. The summed E-state index contributed by atoms with van der Waals surface area (Å²) in [4.78, 5) is 14.7. The Balaban J connectivity index is 1.91. The van der Waals surface area contributed by atoms with Crippen molar-refractivity contribution >= 4 is 23.4 Å². The third kappa shape index (κ3) is 4.72. The van der Waals surface area contributed by atoms with Crippen LogP contribution in [0.5, 0.6) is 5.75 Å². The van der Waals surface area contributed by atoms with Crippen molar-refractivity contribution in [2.45, 2.75) is 45.6 Å². The number of rotatable bonds is 5. The molecule has 5 nitrogen and oxygen atoms in total. The number of hydrogen-bond donors (Lipinski definition) is 1. The van der Waals surface area contributed by atoms with E-state index >= 15 is 0 Å². The van der Waals surface area contributed by atoms with Crippen molar-refractivity contribution in [2.75, 3.05) is 23.9 Å². The van der Waals surface area contributed by atoms with E-state index in [1.54, 1.807) is 30.3 Å². The zero-order valence-electron chi connectivity index (χ0n) is 18.6. The topological polar surface area (TPSA) is 65.4 Å². The van der Waals surface area contributed by atoms with E-state index in [1.165, 1.54) is 12.1 Å². The molecule has 1 atom stereocenters. The van der Waals surface area contributed by atoms with Crippen LogP contribution in [0.2, 0.25) is 0 Å². The monoisotopic (exact) mass is 421 g/mol. The number of nitriles is 1. The van der Waals surface area contributed by atoms with Crippen LogP contribution in [-0.2, 0) is 4.79 Å². The zero-order chi connectivity index (χ0) is 22.8. The number of amides is 1. The molecule has 0 bridgehead atoms. The number of carbonyl (C=O) groups is 1. The maximum atomic E-state index is 14.9. The van der Waals surface area contributed by atoms with Crippen LogP contribution in [-0.4, -0.2) is 25.1 Å². The molecule has 0 saturated carbocycles. The van der Waals surface area contributed by atoms with Crippen LogP contribution in [0.25, 0.3) is 6.08 Å². The molecular weight excluding hydrogens is 393 g/mol. The van der Waals surface area contributed by atoms with Crippen LogP contribution in [0.4, 0.5) is 15.8 Å². The third-order valence-electron chi connectivity index (χ3n) is 5.82. The highest BCUT2D eigenvalue weighted by atomic mass is 19.1. The van der Waals surface area contributed by atoms with Gasteiger partial charge in [-0.3, -0.25) is 4.79 Å². The Morgan fingerprint density at radius 1 is 1.39 bits per heavy atom. The molecule has 6 heteroatoms. The molecule has 0 spiro atoms. The van der Waals surface area contributed by atoms with Crippen LogP contribution in [0.1, 0.15) is 51.2 Å². The van der Waals surface area contributed by atoms with Crippen molar-refractivity contribution < 1.29 is 13.9 Å². The van der Waals surface area contributed by atoms with Crippen molar-refractivity contribution in [3.63, 3.8) is 0 Å². The predicted molar refractivity (Wildman–Crippen MR) is 122 cm³/mol. The van der Waals surface area contributed by atoms with Gasteiger partial charge in [-0.2, -0.15) is 5.26 Å². The zero-order valence-corrected chi connectivity index (χ0v) is 18.6. The molecule has 0 fully saturated rings. The molecule has 162 valence electrons. The lowest BCUT2D eigenvalue weighted by atomic mass is 9.80. The quantitative estimate of drug-likeness (QED) is 0.512. The van der Waals surface area contributed by atoms with Gasteiger partial charge in [0, 0.05) is 35.6 Å². The van der Waals surface area contributed by atoms with Gasteiger partial charge in [0.05, 0.1) is 6.61 Å². The highest BCUT2D eigenvalue weighted by Crippen LogP contribution is 2.43. The van der Waals surface area contributed by atoms with E-state index in [9.17, 15) is 14.4 Å². The highest BCUT2D eigenvalue weighted by Gasteiger charge is 2.34. The van der Waals surface area contributed by atoms with Crippen molar-refractivity contribution in [1.29, 1.82) is 5.26 Å². The van der Waals surface area contributed by atoms with Crippen molar-refractivity contribution in [2.24, 2.45) is 0 Å². The summed E-state index contributed by atoms with van der Waals surface area (Å²) in [7, 11) is 1.96. The number of benzene rings is 2.